The molecule has 2 aromatic carbocycles. The van der Waals surface area contributed by atoms with Crippen molar-refractivity contribution in [3.8, 4) is 5.75 Å². The summed E-state index contributed by atoms with van der Waals surface area (Å²) in [7, 11) is 3.97. The summed E-state index contributed by atoms with van der Waals surface area (Å²) in [6, 6.07) is 11.4. The molecule has 4 nitrogen and oxygen atoms in total. The summed E-state index contributed by atoms with van der Waals surface area (Å²) in [4.78, 5) is 14.0. The molecule has 0 bridgehead atoms. The van der Waals surface area contributed by atoms with Gasteiger partial charge in [0.15, 0.2) is 0 Å². The fourth-order valence-corrected chi connectivity index (χ4v) is 2.16. The van der Waals surface area contributed by atoms with Gasteiger partial charge in [-0.1, -0.05) is 23.7 Å². The van der Waals surface area contributed by atoms with E-state index in [9.17, 15) is 9.18 Å². The third-order valence-electron chi connectivity index (χ3n) is 3.36. The number of amides is 1. The number of nitrogens with zero attached hydrogens (tertiary/aromatic N) is 1. The monoisotopic (exact) mass is 350 g/mol. The Morgan fingerprint density at radius 3 is 2.54 bits per heavy atom. The lowest BCUT2D eigenvalue weighted by Crippen LogP contribution is -2.23. The molecule has 0 heterocycles. The molecule has 128 valence electrons. The van der Waals surface area contributed by atoms with E-state index in [0.717, 1.165) is 23.9 Å². The second-order valence-corrected chi connectivity index (χ2v) is 6.04. The highest BCUT2D eigenvalue weighted by atomic mass is 35.5. The summed E-state index contributed by atoms with van der Waals surface area (Å²) in [5.74, 6) is -0.337. The zero-order chi connectivity index (χ0) is 17.5. The van der Waals surface area contributed by atoms with Crippen LogP contribution in [-0.4, -0.2) is 38.1 Å². The van der Waals surface area contributed by atoms with E-state index in [2.05, 4.69) is 5.32 Å². The molecule has 0 aliphatic rings. The second-order valence-electron chi connectivity index (χ2n) is 5.60. The molecule has 1 N–H and O–H groups in total. The SMILES string of the molecule is CN(C)CCOc1ccc(CNC(=O)c2ccc(Cl)cc2F)cc1. The molecule has 2 rings (SSSR count). The number of benzene rings is 2. The first kappa shape index (κ1) is 18.2. The summed E-state index contributed by atoms with van der Waals surface area (Å²) >= 11 is 5.68. The highest BCUT2D eigenvalue weighted by Crippen LogP contribution is 2.15. The fourth-order valence-electron chi connectivity index (χ4n) is 2.00. The van der Waals surface area contributed by atoms with Crippen LogP contribution in [0.25, 0.3) is 0 Å². The van der Waals surface area contributed by atoms with Gasteiger partial charge in [0.05, 0.1) is 5.56 Å². The predicted molar refractivity (Wildman–Crippen MR) is 93.1 cm³/mol. The van der Waals surface area contributed by atoms with Gasteiger partial charge in [0.25, 0.3) is 5.91 Å². The molecule has 0 saturated carbocycles. The van der Waals surface area contributed by atoms with E-state index in [0.29, 0.717) is 13.2 Å². The Balaban J connectivity index is 1.86. The number of hydrogen-bond acceptors (Lipinski definition) is 3. The van der Waals surface area contributed by atoms with Crippen molar-refractivity contribution in [3.05, 3.63) is 64.4 Å². The van der Waals surface area contributed by atoms with Crippen LogP contribution in [0.15, 0.2) is 42.5 Å². The van der Waals surface area contributed by atoms with Crippen molar-refractivity contribution in [3.63, 3.8) is 0 Å². The number of ether oxygens (including phenoxy) is 1. The summed E-state index contributed by atoms with van der Waals surface area (Å²) in [5.41, 5.74) is 0.876. The van der Waals surface area contributed by atoms with Gasteiger partial charge in [-0.05, 0) is 50.0 Å². The Kier molecular flexibility index (Phi) is 6.58. The van der Waals surface area contributed by atoms with E-state index in [1.807, 2.05) is 43.3 Å². The highest BCUT2D eigenvalue weighted by Gasteiger charge is 2.11. The molecule has 24 heavy (non-hydrogen) atoms. The minimum Gasteiger partial charge on any atom is -0.492 e. The number of carbonyl (C=O) groups excluding carboxylic acids is 1. The van der Waals surface area contributed by atoms with Crippen molar-refractivity contribution in [2.75, 3.05) is 27.2 Å². The summed E-state index contributed by atoms with van der Waals surface area (Å²) in [6.45, 7) is 1.75. The van der Waals surface area contributed by atoms with E-state index in [-0.39, 0.29) is 10.6 Å². The van der Waals surface area contributed by atoms with Gasteiger partial charge < -0.3 is 15.0 Å². The van der Waals surface area contributed by atoms with Crippen LogP contribution in [0.2, 0.25) is 5.02 Å². The molecule has 0 aliphatic carbocycles. The van der Waals surface area contributed by atoms with Crippen LogP contribution in [0, 0.1) is 5.82 Å². The normalized spacial score (nSPS) is 10.7. The van der Waals surface area contributed by atoms with Crippen LogP contribution >= 0.6 is 11.6 Å². The van der Waals surface area contributed by atoms with Gasteiger partial charge >= 0.3 is 0 Å². The van der Waals surface area contributed by atoms with Crippen molar-refractivity contribution in [1.29, 1.82) is 0 Å². The third-order valence-corrected chi connectivity index (χ3v) is 3.59. The zero-order valence-electron chi connectivity index (χ0n) is 13.7. The Morgan fingerprint density at radius 2 is 1.92 bits per heavy atom. The van der Waals surface area contributed by atoms with Gasteiger partial charge in [0, 0.05) is 18.1 Å². The molecule has 0 spiro atoms. The first-order valence-corrected chi connectivity index (χ1v) is 7.93. The Labute approximate surface area is 146 Å². The molecule has 0 aliphatic heterocycles. The molecule has 2 aromatic rings. The van der Waals surface area contributed by atoms with Crippen LogP contribution in [0.4, 0.5) is 4.39 Å². The van der Waals surface area contributed by atoms with Crippen molar-refractivity contribution in [1.82, 2.24) is 10.2 Å². The molecular formula is C18H20ClFN2O2. The largest absolute Gasteiger partial charge is 0.492 e. The molecule has 0 saturated heterocycles. The maximum Gasteiger partial charge on any atom is 0.254 e. The molecule has 1 amide bonds. The smallest absolute Gasteiger partial charge is 0.254 e. The highest BCUT2D eigenvalue weighted by molar-refractivity contribution is 6.30. The lowest BCUT2D eigenvalue weighted by Gasteiger charge is -2.11. The minimum absolute atomic E-state index is 0.0250. The van der Waals surface area contributed by atoms with Crippen LogP contribution < -0.4 is 10.1 Å². The maximum atomic E-state index is 13.7. The molecule has 0 atom stereocenters. The third kappa shape index (κ3) is 5.51. The number of nitrogens with one attached hydrogen (secondary N) is 1. The molecule has 0 fully saturated rings. The lowest BCUT2D eigenvalue weighted by atomic mass is 10.2. The predicted octanol–water partition coefficient (Wildman–Crippen LogP) is 3.35. The number of likely N-dealkylation sites (N-methyl/N-ethyl adjacent to an activating group) is 1. The first-order valence-electron chi connectivity index (χ1n) is 7.55. The summed E-state index contributed by atoms with van der Waals surface area (Å²) < 4.78 is 19.3. The van der Waals surface area contributed by atoms with Gasteiger partial charge in [-0.25, -0.2) is 4.39 Å². The average Bonchev–Trinajstić information content (AvgIpc) is 2.53. The van der Waals surface area contributed by atoms with E-state index in [1.165, 1.54) is 12.1 Å². The van der Waals surface area contributed by atoms with Gasteiger partial charge in [-0.2, -0.15) is 0 Å². The summed E-state index contributed by atoms with van der Waals surface area (Å²) in [6.07, 6.45) is 0. The van der Waals surface area contributed by atoms with Crippen molar-refractivity contribution >= 4 is 17.5 Å². The quantitative estimate of drug-likeness (QED) is 0.832. The minimum atomic E-state index is -0.635. The number of hydrogen-bond donors (Lipinski definition) is 1. The lowest BCUT2D eigenvalue weighted by molar-refractivity contribution is 0.0947. The van der Waals surface area contributed by atoms with Gasteiger partial charge in [-0.15, -0.1) is 0 Å². The van der Waals surface area contributed by atoms with Crippen molar-refractivity contribution in [2.45, 2.75) is 6.54 Å². The van der Waals surface area contributed by atoms with E-state index >= 15 is 0 Å². The maximum absolute atomic E-state index is 13.7. The topological polar surface area (TPSA) is 41.6 Å². The zero-order valence-corrected chi connectivity index (χ0v) is 14.4. The van der Waals surface area contributed by atoms with E-state index < -0.39 is 11.7 Å². The number of rotatable bonds is 7. The average molecular weight is 351 g/mol. The Hall–Kier alpha value is -2.11. The van der Waals surface area contributed by atoms with E-state index in [4.69, 9.17) is 16.3 Å². The van der Waals surface area contributed by atoms with Crippen LogP contribution in [0.1, 0.15) is 15.9 Å². The Morgan fingerprint density at radius 1 is 1.21 bits per heavy atom. The molecule has 0 radical (unpaired) electrons. The Bertz CT molecular complexity index is 690. The standard InChI is InChI=1S/C18H20ClFN2O2/c1-22(2)9-10-24-15-6-3-13(4-7-15)12-21-18(23)16-8-5-14(19)11-17(16)20/h3-8,11H,9-10,12H2,1-2H3,(H,21,23). The van der Waals surface area contributed by atoms with Gasteiger partial charge in [0.2, 0.25) is 0 Å². The first-order chi connectivity index (χ1) is 11.5. The van der Waals surface area contributed by atoms with Crippen molar-refractivity contribution < 1.29 is 13.9 Å². The molecule has 6 heteroatoms. The van der Waals surface area contributed by atoms with Crippen molar-refractivity contribution in [2.24, 2.45) is 0 Å². The van der Waals surface area contributed by atoms with Crippen LogP contribution in [0.5, 0.6) is 5.75 Å². The van der Waals surface area contributed by atoms with Crippen LogP contribution in [0.3, 0.4) is 0 Å². The van der Waals surface area contributed by atoms with Crippen LogP contribution in [-0.2, 0) is 6.54 Å². The fraction of sp³-hybridized carbons (Fsp3) is 0.278. The summed E-state index contributed by atoms with van der Waals surface area (Å²) in [5, 5.41) is 2.94. The molecular weight excluding hydrogens is 331 g/mol. The number of halogens is 2. The van der Waals surface area contributed by atoms with Gasteiger partial charge in [0.1, 0.15) is 18.2 Å². The van der Waals surface area contributed by atoms with E-state index in [1.54, 1.807) is 0 Å². The molecule has 0 aromatic heterocycles. The van der Waals surface area contributed by atoms with Gasteiger partial charge in [-0.3, -0.25) is 4.79 Å². The second kappa shape index (κ2) is 8.66. The molecule has 0 unspecified atom stereocenters. The number of carbonyl (C=O) groups is 1.